The highest BCUT2D eigenvalue weighted by molar-refractivity contribution is 7.18. The van der Waals surface area contributed by atoms with Gasteiger partial charge in [0, 0.05) is 50.5 Å². The van der Waals surface area contributed by atoms with Crippen molar-refractivity contribution in [2.75, 3.05) is 39.8 Å². The first-order chi connectivity index (χ1) is 20.0. The van der Waals surface area contributed by atoms with Gasteiger partial charge in [0.25, 0.3) is 0 Å². The number of piperazine rings is 1. The molecule has 1 unspecified atom stereocenters. The minimum absolute atomic E-state index is 0.0308. The molecule has 2 aliphatic carbocycles. The van der Waals surface area contributed by atoms with Gasteiger partial charge < -0.3 is 20.3 Å². The molecule has 2 fully saturated rings. The van der Waals surface area contributed by atoms with Crippen molar-refractivity contribution in [2.24, 2.45) is 0 Å². The van der Waals surface area contributed by atoms with Crippen LogP contribution >= 0.6 is 11.3 Å². The average molecular weight is 572 g/mol. The van der Waals surface area contributed by atoms with Crippen LogP contribution in [0.1, 0.15) is 69.7 Å². The molecule has 1 saturated carbocycles. The predicted octanol–water partition coefficient (Wildman–Crippen LogP) is 6.98. The lowest BCUT2D eigenvalue weighted by Gasteiger charge is -2.21. The topological polar surface area (TPSA) is 73.2 Å². The summed E-state index contributed by atoms with van der Waals surface area (Å²) in [5, 5.41) is 17.5. The lowest BCUT2D eigenvalue weighted by molar-refractivity contribution is 0.242. The minimum Gasteiger partial charge on any atom is -0.490 e. The second-order valence-electron chi connectivity index (χ2n) is 10.8. The maximum Gasteiger partial charge on any atom is 0.137 e. The largest absolute Gasteiger partial charge is 0.490 e. The molecule has 1 aromatic heterocycles. The molecule has 1 saturated heterocycles. The number of ether oxygens (including phenoxy) is 1. The maximum absolute atomic E-state index is 9.56. The van der Waals surface area contributed by atoms with E-state index in [-0.39, 0.29) is 6.10 Å². The van der Waals surface area contributed by atoms with Crippen LogP contribution in [0.15, 0.2) is 54.2 Å². The van der Waals surface area contributed by atoms with Gasteiger partial charge in [0.15, 0.2) is 0 Å². The van der Waals surface area contributed by atoms with Crippen molar-refractivity contribution in [3.05, 3.63) is 70.9 Å². The highest BCUT2D eigenvalue weighted by Gasteiger charge is 2.25. The fourth-order valence-electron chi connectivity index (χ4n) is 5.13. The van der Waals surface area contributed by atoms with Crippen molar-refractivity contribution in [1.82, 2.24) is 20.5 Å². The summed E-state index contributed by atoms with van der Waals surface area (Å²) in [5.74, 6) is 0.625. The highest BCUT2D eigenvalue weighted by Crippen LogP contribution is 2.41. The molecule has 3 aliphatic rings. The van der Waals surface area contributed by atoms with Crippen LogP contribution in [0.25, 0.3) is 21.0 Å². The van der Waals surface area contributed by atoms with Crippen LogP contribution in [-0.4, -0.2) is 55.8 Å². The van der Waals surface area contributed by atoms with Gasteiger partial charge in [-0.1, -0.05) is 43.7 Å². The molecule has 1 atom stereocenters. The molecule has 0 amide bonds. The summed E-state index contributed by atoms with van der Waals surface area (Å²) in [6.07, 6.45) is 9.15. The van der Waals surface area contributed by atoms with E-state index in [4.69, 9.17) is 9.72 Å². The Bertz CT molecular complexity index is 1340. The first kappa shape index (κ1) is 30.9. The van der Waals surface area contributed by atoms with Crippen molar-refractivity contribution < 1.29 is 4.74 Å². The number of nitrogens with zero attached hydrogens (tertiary/aromatic N) is 3. The molecule has 0 radical (unpaired) electrons. The fraction of sp³-hybridized carbons (Fsp3) is 0.471. The van der Waals surface area contributed by atoms with Gasteiger partial charge in [0.05, 0.1) is 16.5 Å². The highest BCUT2D eigenvalue weighted by atomic mass is 32.1. The third-order valence-corrected chi connectivity index (χ3v) is 8.47. The Labute approximate surface area is 250 Å². The van der Waals surface area contributed by atoms with Crippen LogP contribution in [0.5, 0.6) is 5.75 Å². The number of thiazole rings is 1. The number of fused-ring (bicyclic) bond motifs is 1. The summed E-state index contributed by atoms with van der Waals surface area (Å²) >= 11 is 1.68. The van der Waals surface area contributed by atoms with Crippen LogP contribution in [-0.2, 0) is 6.42 Å². The van der Waals surface area contributed by atoms with Crippen molar-refractivity contribution in [1.29, 1.82) is 5.26 Å². The summed E-state index contributed by atoms with van der Waals surface area (Å²) < 4.78 is 5.76. The summed E-state index contributed by atoms with van der Waals surface area (Å²) in [6.45, 7) is 13.6. The molecule has 7 heteroatoms. The number of nitrogens with one attached hydrogen (secondary N) is 2. The van der Waals surface area contributed by atoms with Gasteiger partial charge in [-0.25, -0.2) is 4.98 Å². The fourth-order valence-corrected chi connectivity index (χ4v) is 6.10. The average Bonchev–Trinajstić information content (AvgIpc) is 3.52. The molecule has 6 rings (SSSR count). The first-order valence-corrected chi connectivity index (χ1v) is 15.9. The smallest absolute Gasteiger partial charge is 0.137 e. The van der Waals surface area contributed by atoms with E-state index in [2.05, 4.69) is 52.9 Å². The van der Waals surface area contributed by atoms with E-state index >= 15 is 0 Å². The number of rotatable bonds is 7. The molecule has 41 heavy (non-hydrogen) atoms. The van der Waals surface area contributed by atoms with E-state index < -0.39 is 0 Å². The van der Waals surface area contributed by atoms with E-state index in [1.807, 2.05) is 52.1 Å². The lowest BCUT2D eigenvalue weighted by atomic mass is 10.0. The van der Waals surface area contributed by atoms with Gasteiger partial charge in [-0.15, -0.1) is 11.3 Å². The van der Waals surface area contributed by atoms with Gasteiger partial charge in [-0.05, 0) is 81.5 Å². The SMILES string of the molecule is CC.CC(C)Oc1ccc(-c2ncc(-c3cccc4c3CCC4NCC=C3CC3)s2)cc1C#N.CN1CCNCC1. The van der Waals surface area contributed by atoms with Crippen LogP contribution in [0, 0.1) is 11.3 Å². The molecule has 2 aromatic carbocycles. The van der Waals surface area contributed by atoms with Crippen molar-refractivity contribution >= 4 is 11.3 Å². The van der Waals surface area contributed by atoms with Crippen molar-refractivity contribution in [3.8, 4) is 32.8 Å². The van der Waals surface area contributed by atoms with Gasteiger partial charge in [-0.3, -0.25) is 0 Å². The Morgan fingerprint density at radius 3 is 2.61 bits per heavy atom. The molecule has 0 spiro atoms. The van der Waals surface area contributed by atoms with Crippen LogP contribution in [0.2, 0.25) is 0 Å². The third-order valence-electron chi connectivity index (χ3n) is 7.39. The second kappa shape index (κ2) is 15.3. The Morgan fingerprint density at radius 1 is 1.17 bits per heavy atom. The Kier molecular flexibility index (Phi) is 11.5. The van der Waals surface area contributed by atoms with Gasteiger partial charge >= 0.3 is 0 Å². The number of nitriles is 1. The number of allylic oxidation sites excluding steroid dienone is 1. The summed E-state index contributed by atoms with van der Waals surface area (Å²) in [6, 6.07) is 15.1. The lowest BCUT2D eigenvalue weighted by Crippen LogP contribution is -2.40. The Balaban J connectivity index is 0.000000372. The van der Waals surface area contributed by atoms with E-state index in [0.29, 0.717) is 17.4 Å². The number of aromatic nitrogens is 1. The molecular formula is C34H45N5OS. The standard InChI is InChI=1S/C27H27N3OS.C5H12N2.C2H6/c1-17(2)31-25-11-8-19(14-20(25)15-28)27-30-16-26(32-27)23-5-3-4-22-21(23)9-10-24(22)29-13-12-18-6-7-18;1-7-4-2-6-3-5-7;1-2/h3-5,8,11-12,14,16-17,24,29H,6-7,9-10,13H2,1-2H3;6H,2-5H2,1H3;1-2H3. The summed E-state index contributed by atoms with van der Waals surface area (Å²) in [7, 11) is 2.15. The van der Waals surface area contributed by atoms with E-state index in [1.165, 1.54) is 47.5 Å². The number of hydrogen-bond acceptors (Lipinski definition) is 7. The van der Waals surface area contributed by atoms with Gasteiger partial charge in [-0.2, -0.15) is 5.26 Å². The minimum atomic E-state index is 0.0308. The number of likely N-dealkylation sites (N-methyl/N-ethyl adjacent to an activating group) is 1. The first-order valence-electron chi connectivity index (χ1n) is 15.1. The molecule has 0 bridgehead atoms. The molecule has 218 valence electrons. The van der Waals surface area contributed by atoms with Crippen molar-refractivity contribution in [2.45, 2.75) is 65.5 Å². The maximum atomic E-state index is 9.56. The quantitative estimate of drug-likeness (QED) is 0.298. The van der Waals surface area contributed by atoms with E-state index in [1.54, 1.807) is 16.9 Å². The van der Waals surface area contributed by atoms with Crippen LogP contribution in [0.4, 0.5) is 0 Å². The number of benzene rings is 2. The summed E-state index contributed by atoms with van der Waals surface area (Å²) in [4.78, 5) is 8.20. The van der Waals surface area contributed by atoms with E-state index in [0.717, 1.165) is 43.0 Å². The zero-order chi connectivity index (χ0) is 29.2. The normalized spacial score (nSPS) is 17.5. The second-order valence-corrected chi connectivity index (χ2v) is 11.8. The third kappa shape index (κ3) is 8.50. The van der Waals surface area contributed by atoms with Crippen molar-refractivity contribution in [3.63, 3.8) is 0 Å². The van der Waals surface area contributed by atoms with Gasteiger partial charge in [0.2, 0.25) is 0 Å². The molecular weight excluding hydrogens is 526 g/mol. The van der Waals surface area contributed by atoms with Crippen LogP contribution < -0.4 is 15.4 Å². The monoisotopic (exact) mass is 571 g/mol. The molecule has 2 heterocycles. The molecule has 3 aromatic rings. The summed E-state index contributed by atoms with van der Waals surface area (Å²) in [5.41, 5.74) is 7.24. The van der Waals surface area contributed by atoms with E-state index in [9.17, 15) is 5.26 Å². The number of hydrogen-bond donors (Lipinski definition) is 2. The molecule has 1 aliphatic heterocycles. The van der Waals surface area contributed by atoms with Gasteiger partial charge in [0.1, 0.15) is 16.8 Å². The van der Waals surface area contributed by atoms with Crippen LogP contribution in [0.3, 0.4) is 0 Å². The Hall–Kier alpha value is -3.02. The molecule has 2 N–H and O–H groups in total. The Morgan fingerprint density at radius 2 is 1.95 bits per heavy atom. The zero-order valence-corrected chi connectivity index (χ0v) is 26.1. The predicted molar refractivity (Wildman–Crippen MR) is 172 cm³/mol. The zero-order valence-electron chi connectivity index (χ0n) is 25.3. The molecule has 6 nitrogen and oxygen atoms in total.